The van der Waals surface area contributed by atoms with Gasteiger partial charge in [-0.1, -0.05) is 6.92 Å². The summed E-state index contributed by atoms with van der Waals surface area (Å²) in [4.78, 5) is 11.7. The molecule has 0 unspecified atom stereocenters. The molecular weight excluding hydrogens is 216 g/mol. The molecule has 2 rings (SSSR count). The van der Waals surface area contributed by atoms with E-state index in [1.807, 2.05) is 0 Å². The number of carbonyl (C=O) groups excluding carboxylic acids is 1. The second-order valence-corrected chi connectivity index (χ2v) is 5.94. The molecular formula is C13H24N2O2. The Morgan fingerprint density at radius 2 is 1.94 bits per heavy atom. The third-order valence-corrected chi connectivity index (χ3v) is 4.27. The van der Waals surface area contributed by atoms with Gasteiger partial charge in [0.2, 0.25) is 0 Å². The molecule has 0 atom stereocenters. The molecule has 2 aliphatic rings. The van der Waals surface area contributed by atoms with Gasteiger partial charge in [-0.15, -0.1) is 0 Å². The zero-order valence-electron chi connectivity index (χ0n) is 10.7. The molecule has 0 radical (unpaired) electrons. The maximum atomic E-state index is 11.7. The lowest BCUT2D eigenvalue weighted by molar-refractivity contribution is 0.200. The van der Waals surface area contributed by atoms with E-state index in [1.165, 1.54) is 12.8 Å². The molecule has 4 heteroatoms. The van der Waals surface area contributed by atoms with E-state index in [0.29, 0.717) is 12.6 Å². The van der Waals surface area contributed by atoms with E-state index >= 15 is 0 Å². The average molecular weight is 240 g/mol. The number of urea groups is 1. The first kappa shape index (κ1) is 12.7. The zero-order chi connectivity index (χ0) is 12.3. The van der Waals surface area contributed by atoms with Crippen LogP contribution in [0.3, 0.4) is 0 Å². The minimum Gasteiger partial charge on any atom is -0.396 e. The number of hydrogen-bond donors (Lipinski definition) is 3. The van der Waals surface area contributed by atoms with Gasteiger partial charge in [0.25, 0.3) is 0 Å². The maximum Gasteiger partial charge on any atom is 0.315 e. The number of hydrogen-bond acceptors (Lipinski definition) is 2. The lowest BCUT2D eigenvalue weighted by Gasteiger charge is -2.27. The fraction of sp³-hybridized carbons (Fsp3) is 0.923. The Morgan fingerprint density at radius 1 is 1.29 bits per heavy atom. The van der Waals surface area contributed by atoms with Crippen molar-refractivity contribution < 1.29 is 9.90 Å². The molecule has 17 heavy (non-hydrogen) atoms. The van der Waals surface area contributed by atoms with Gasteiger partial charge in [0.15, 0.2) is 0 Å². The summed E-state index contributed by atoms with van der Waals surface area (Å²) in [5.74, 6) is 0.806. The molecule has 0 saturated heterocycles. The largest absolute Gasteiger partial charge is 0.396 e. The summed E-state index contributed by atoms with van der Waals surface area (Å²) in [7, 11) is 0. The smallest absolute Gasteiger partial charge is 0.315 e. The van der Waals surface area contributed by atoms with Crippen LogP contribution in [0, 0.1) is 11.3 Å². The molecule has 0 spiro atoms. The Hall–Kier alpha value is -0.770. The fourth-order valence-electron chi connectivity index (χ4n) is 2.48. The molecule has 0 heterocycles. The van der Waals surface area contributed by atoms with Gasteiger partial charge in [-0.25, -0.2) is 4.79 Å². The molecule has 0 aromatic carbocycles. The molecule has 2 fully saturated rings. The van der Waals surface area contributed by atoms with Crippen molar-refractivity contribution in [3.05, 3.63) is 0 Å². The first-order chi connectivity index (χ1) is 8.13. The Kier molecular flexibility index (Phi) is 3.92. The van der Waals surface area contributed by atoms with Crippen LogP contribution in [0.4, 0.5) is 4.79 Å². The van der Waals surface area contributed by atoms with Gasteiger partial charge in [-0.05, 0) is 44.4 Å². The maximum absolute atomic E-state index is 11.7. The quantitative estimate of drug-likeness (QED) is 0.699. The summed E-state index contributed by atoms with van der Waals surface area (Å²) in [6.07, 6.45) is 6.69. The molecule has 2 aliphatic carbocycles. The molecule has 0 aliphatic heterocycles. The Labute approximate surface area is 103 Å². The highest BCUT2D eigenvalue weighted by molar-refractivity contribution is 5.74. The molecule has 0 aromatic rings. The van der Waals surface area contributed by atoms with E-state index in [-0.39, 0.29) is 18.1 Å². The van der Waals surface area contributed by atoms with Crippen LogP contribution in [0.25, 0.3) is 0 Å². The van der Waals surface area contributed by atoms with E-state index < -0.39 is 0 Å². The molecule has 0 aromatic heterocycles. The molecule has 98 valence electrons. The Bertz CT molecular complexity index is 269. The zero-order valence-corrected chi connectivity index (χ0v) is 10.7. The summed E-state index contributed by atoms with van der Waals surface area (Å²) >= 11 is 0. The first-order valence-electron chi connectivity index (χ1n) is 6.79. The van der Waals surface area contributed by atoms with E-state index in [9.17, 15) is 4.79 Å². The van der Waals surface area contributed by atoms with Crippen molar-refractivity contribution in [2.75, 3.05) is 13.2 Å². The normalized spacial score (nSPS) is 30.7. The van der Waals surface area contributed by atoms with E-state index in [1.54, 1.807) is 0 Å². The van der Waals surface area contributed by atoms with Crippen molar-refractivity contribution in [2.24, 2.45) is 11.3 Å². The molecule has 2 saturated carbocycles. The van der Waals surface area contributed by atoms with Gasteiger partial charge >= 0.3 is 6.03 Å². The minimum atomic E-state index is -0.0655. The van der Waals surface area contributed by atoms with Crippen LogP contribution in [-0.2, 0) is 0 Å². The summed E-state index contributed by atoms with van der Waals surface area (Å²) in [6, 6.07) is 0.278. The van der Waals surface area contributed by atoms with Crippen LogP contribution in [-0.4, -0.2) is 30.3 Å². The number of aliphatic hydroxyl groups excluding tert-OH is 1. The third-order valence-electron chi connectivity index (χ3n) is 4.27. The summed E-state index contributed by atoms with van der Waals surface area (Å²) < 4.78 is 0. The summed E-state index contributed by atoms with van der Waals surface area (Å²) in [6.45, 7) is 3.07. The Balaban J connectivity index is 1.64. The topological polar surface area (TPSA) is 61.4 Å². The molecule has 4 nitrogen and oxygen atoms in total. The number of rotatable bonds is 4. The Morgan fingerprint density at radius 3 is 2.47 bits per heavy atom. The van der Waals surface area contributed by atoms with E-state index in [2.05, 4.69) is 17.6 Å². The van der Waals surface area contributed by atoms with Crippen molar-refractivity contribution in [3.8, 4) is 0 Å². The number of amides is 2. The monoisotopic (exact) mass is 240 g/mol. The second-order valence-electron chi connectivity index (χ2n) is 5.94. The van der Waals surface area contributed by atoms with E-state index in [4.69, 9.17) is 5.11 Å². The summed E-state index contributed by atoms with van der Waals surface area (Å²) in [5, 5.41) is 15.1. The van der Waals surface area contributed by atoms with Crippen LogP contribution in [0.2, 0.25) is 0 Å². The predicted octanol–water partition coefficient (Wildman–Crippen LogP) is 1.64. The number of carbonyl (C=O) groups is 1. The second kappa shape index (κ2) is 5.25. The highest BCUT2D eigenvalue weighted by Gasteiger charge is 2.42. The highest BCUT2D eigenvalue weighted by atomic mass is 16.3. The number of aliphatic hydroxyl groups is 1. The van der Waals surface area contributed by atoms with Gasteiger partial charge in [-0.3, -0.25) is 0 Å². The molecule has 2 amide bonds. The molecule has 3 N–H and O–H groups in total. The average Bonchev–Trinajstić information content (AvgIpc) is 3.10. The van der Waals surface area contributed by atoms with Gasteiger partial charge in [0.05, 0.1) is 6.61 Å². The van der Waals surface area contributed by atoms with E-state index in [0.717, 1.165) is 31.6 Å². The predicted molar refractivity (Wildman–Crippen MR) is 66.7 cm³/mol. The minimum absolute atomic E-state index is 0.00157. The van der Waals surface area contributed by atoms with Crippen LogP contribution in [0.15, 0.2) is 0 Å². The highest BCUT2D eigenvalue weighted by Crippen LogP contribution is 2.44. The van der Waals surface area contributed by atoms with Crippen molar-refractivity contribution >= 4 is 6.03 Å². The fourth-order valence-corrected chi connectivity index (χ4v) is 2.48. The van der Waals surface area contributed by atoms with Crippen molar-refractivity contribution in [3.63, 3.8) is 0 Å². The van der Waals surface area contributed by atoms with Gasteiger partial charge in [0.1, 0.15) is 0 Å². The lowest BCUT2D eigenvalue weighted by Crippen LogP contribution is -2.45. The van der Waals surface area contributed by atoms with Gasteiger partial charge in [0, 0.05) is 18.0 Å². The summed E-state index contributed by atoms with van der Waals surface area (Å²) in [5.41, 5.74) is -0.00157. The third kappa shape index (κ3) is 3.60. The van der Waals surface area contributed by atoms with Crippen molar-refractivity contribution in [1.82, 2.24) is 10.6 Å². The lowest BCUT2D eigenvalue weighted by atomic mass is 9.87. The standard InChI is InChI=1S/C13H24N2O2/c1-10-2-4-11(5-3-10)15-12(17)14-8-13(9-16)6-7-13/h10-11,16H,2-9H2,1H3,(H2,14,15,17). The van der Waals surface area contributed by atoms with Crippen LogP contribution in [0.1, 0.15) is 45.4 Å². The number of nitrogens with one attached hydrogen (secondary N) is 2. The van der Waals surface area contributed by atoms with Gasteiger partial charge < -0.3 is 15.7 Å². The first-order valence-corrected chi connectivity index (χ1v) is 6.79. The van der Waals surface area contributed by atoms with Crippen molar-refractivity contribution in [1.29, 1.82) is 0 Å². The molecule has 0 bridgehead atoms. The van der Waals surface area contributed by atoms with Crippen LogP contribution >= 0.6 is 0 Å². The van der Waals surface area contributed by atoms with Crippen molar-refractivity contribution in [2.45, 2.75) is 51.5 Å². The van der Waals surface area contributed by atoms with Crippen LogP contribution < -0.4 is 10.6 Å². The SMILES string of the molecule is CC1CCC(NC(=O)NCC2(CO)CC2)CC1. The van der Waals surface area contributed by atoms with Crippen LogP contribution in [0.5, 0.6) is 0 Å². The van der Waals surface area contributed by atoms with Gasteiger partial charge in [-0.2, -0.15) is 0 Å².